The summed E-state index contributed by atoms with van der Waals surface area (Å²) in [7, 11) is 0. The summed E-state index contributed by atoms with van der Waals surface area (Å²) < 4.78 is 10.7. The monoisotopic (exact) mass is 438 g/mol. The van der Waals surface area contributed by atoms with Crippen molar-refractivity contribution in [2.75, 3.05) is 10.6 Å². The van der Waals surface area contributed by atoms with Crippen molar-refractivity contribution in [2.45, 2.75) is 89.1 Å². The van der Waals surface area contributed by atoms with Gasteiger partial charge < -0.3 is 19.7 Å². The topological polar surface area (TPSA) is 128 Å². The van der Waals surface area contributed by atoms with Crippen LogP contribution >= 0.6 is 0 Å². The maximum atomic E-state index is 5.36. The van der Waals surface area contributed by atoms with E-state index >= 15 is 0 Å². The molecule has 10 nitrogen and oxygen atoms in total. The molecule has 0 atom stereocenters. The maximum absolute atomic E-state index is 5.36. The molecule has 0 unspecified atom stereocenters. The molecule has 0 spiro atoms. The van der Waals surface area contributed by atoms with Gasteiger partial charge in [-0.3, -0.25) is 0 Å². The van der Waals surface area contributed by atoms with Crippen molar-refractivity contribution in [3.8, 4) is 0 Å². The molecule has 0 saturated heterocycles. The molecule has 0 amide bonds. The van der Waals surface area contributed by atoms with Crippen LogP contribution in [0.15, 0.2) is 21.4 Å². The van der Waals surface area contributed by atoms with Gasteiger partial charge in [0.2, 0.25) is 11.8 Å². The predicted molar refractivity (Wildman–Crippen MR) is 117 cm³/mol. The highest BCUT2D eigenvalue weighted by Crippen LogP contribution is 2.34. The lowest BCUT2D eigenvalue weighted by Gasteiger charge is -2.28. The average Bonchev–Trinajstić information content (AvgIpc) is 3.43. The first-order valence-corrected chi connectivity index (χ1v) is 11.6. The lowest BCUT2D eigenvalue weighted by molar-refractivity contribution is 0.305. The van der Waals surface area contributed by atoms with Crippen molar-refractivity contribution in [2.24, 2.45) is 0 Å². The normalized spacial score (nSPS) is 26.1. The molecule has 0 aliphatic heterocycles. The summed E-state index contributed by atoms with van der Waals surface area (Å²) >= 11 is 0. The second-order valence-electron chi connectivity index (χ2n) is 9.03. The smallest absolute Gasteiger partial charge is 0.229 e. The molecule has 2 aliphatic carbocycles. The van der Waals surface area contributed by atoms with E-state index in [1.54, 1.807) is 6.33 Å². The third kappa shape index (κ3) is 4.89. The van der Waals surface area contributed by atoms with Gasteiger partial charge in [-0.2, -0.15) is 9.97 Å². The number of hydrogen-bond donors (Lipinski definition) is 2. The number of hydrogen-bond acceptors (Lipinski definition) is 10. The Bertz CT molecular complexity index is 941. The highest BCUT2D eigenvalue weighted by atomic mass is 16.5. The van der Waals surface area contributed by atoms with Gasteiger partial charge in [0.05, 0.1) is 0 Å². The van der Waals surface area contributed by atoms with E-state index in [1.807, 2.05) is 19.9 Å². The van der Waals surface area contributed by atoms with Crippen LogP contribution in [-0.2, 0) is 0 Å². The second-order valence-corrected chi connectivity index (χ2v) is 9.03. The molecule has 3 heterocycles. The van der Waals surface area contributed by atoms with Gasteiger partial charge >= 0.3 is 0 Å². The highest BCUT2D eigenvalue weighted by molar-refractivity contribution is 5.47. The van der Waals surface area contributed by atoms with E-state index in [0.29, 0.717) is 35.6 Å². The molecular formula is C22H30N8O2. The second kappa shape index (κ2) is 9.22. The SMILES string of the molecule is Cc1noc(C2CCC(Nc3cc(NC4CCC(c5nc(C)no5)CC4)ncn3)CC2)n1. The summed E-state index contributed by atoms with van der Waals surface area (Å²) in [5, 5.41) is 15.0. The lowest BCUT2D eigenvalue weighted by atomic mass is 9.86. The Kier molecular flexibility index (Phi) is 6.00. The fourth-order valence-electron chi connectivity index (χ4n) is 4.86. The van der Waals surface area contributed by atoms with Crippen LogP contribution in [0.4, 0.5) is 11.6 Å². The van der Waals surface area contributed by atoms with Crippen LogP contribution in [0.1, 0.15) is 86.6 Å². The van der Waals surface area contributed by atoms with Crippen molar-refractivity contribution in [1.82, 2.24) is 30.2 Å². The van der Waals surface area contributed by atoms with Crippen molar-refractivity contribution in [3.63, 3.8) is 0 Å². The van der Waals surface area contributed by atoms with Gasteiger partial charge in [-0.25, -0.2) is 9.97 Å². The predicted octanol–water partition coefficient (Wildman–Crippen LogP) is 4.14. The Morgan fingerprint density at radius 3 is 1.50 bits per heavy atom. The first-order chi connectivity index (χ1) is 15.6. The standard InChI is InChI=1S/C22H30N8O2/c1-13-25-21(31-29-13)15-3-7-17(8-4-15)27-19-11-20(24-12-23-19)28-18-9-5-16(6-10-18)22-26-14(2)30-32-22/h11-12,15-18H,3-10H2,1-2H3,(H2,23,24,27,28). The van der Waals surface area contributed by atoms with Gasteiger partial charge in [-0.15, -0.1) is 0 Å². The fourth-order valence-corrected chi connectivity index (χ4v) is 4.86. The third-order valence-corrected chi connectivity index (χ3v) is 6.61. The fraction of sp³-hybridized carbons (Fsp3) is 0.636. The lowest BCUT2D eigenvalue weighted by Crippen LogP contribution is -2.27. The van der Waals surface area contributed by atoms with Gasteiger partial charge in [0.1, 0.15) is 18.0 Å². The quantitative estimate of drug-likeness (QED) is 0.579. The summed E-state index contributed by atoms with van der Waals surface area (Å²) in [5.74, 6) is 5.44. The van der Waals surface area contributed by atoms with E-state index < -0.39 is 0 Å². The third-order valence-electron chi connectivity index (χ3n) is 6.61. The Labute approximate surface area is 187 Å². The van der Waals surface area contributed by atoms with Gasteiger partial charge in [-0.05, 0) is 65.2 Å². The maximum Gasteiger partial charge on any atom is 0.229 e. The summed E-state index contributed by atoms with van der Waals surface area (Å²) in [6.07, 6.45) is 10.0. The van der Waals surface area contributed by atoms with Crippen LogP contribution in [-0.4, -0.2) is 42.3 Å². The molecule has 32 heavy (non-hydrogen) atoms. The molecular weight excluding hydrogens is 408 g/mol. The minimum Gasteiger partial charge on any atom is -0.367 e. The van der Waals surface area contributed by atoms with E-state index in [2.05, 4.69) is 40.9 Å². The Hall–Kier alpha value is -3.04. The minimum atomic E-state index is 0.364. The molecule has 2 saturated carbocycles. The van der Waals surface area contributed by atoms with Gasteiger partial charge in [0, 0.05) is 30.0 Å². The van der Waals surface area contributed by atoms with Crippen molar-refractivity contribution >= 4 is 11.6 Å². The zero-order valence-electron chi connectivity index (χ0n) is 18.6. The van der Waals surface area contributed by atoms with Crippen molar-refractivity contribution in [1.29, 1.82) is 0 Å². The van der Waals surface area contributed by atoms with Crippen LogP contribution in [0, 0.1) is 13.8 Å². The van der Waals surface area contributed by atoms with Gasteiger partial charge in [0.15, 0.2) is 11.6 Å². The van der Waals surface area contributed by atoms with Crippen LogP contribution in [0.25, 0.3) is 0 Å². The van der Waals surface area contributed by atoms with Crippen LogP contribution in [0.5, 0.6) is 0 Å². The number of aryl methyl sites for hydroxylation is 2. The first-order valence-electron chi connectivity index (χ1n) is 11.6. The van der Waals surface area contributed by atoms with E-state index in [4.69, 9.17) is 9.05 Å². The molecule has 3 aromatic rings. The van der Waals surface area contributed by atoms with Crippen LogP contribution in [0.3, 0.4) is 0 Å². The van der Waals surface area contributed by atoms with E-state index in [1.165, 1.54) is 0 Å². The summed E-state index contributed by atoms with van der Waals surface area (Å²) in [4.78, 5) is 17.6. The van der Waals surface area contributed by atoms with E-state index in [-0.39, 0.29) is 0 Å². The molecule has 0 aromatic carbocycles. The van der Waals surface area contributed by atoms with E-state index in [9.17, 15) is 0 Å². The number of nitrogens with one attached hydrogen (secondary N) is 2. The van der Waals surface area contributed by atoms with Crippen molar-refractivity contribution in [3.05, 3.63) is 35.8 Å². The van der Waals surface area contributed by atoms with Crippen LogP contribution in [0.2, 0.25) is 0 Å². The average molecular weight is 439 g/mol. The highest BCUT2D eigenvalue weighted by Gasteiger charge is 2.28. The summed E-state index contributed by atoms with van der Waals surface area (Å²) in [6.45, 7) is 3.72. The first kappa shape index (κ1) is 20.8. The molecule has 170 valence electrons. The molecule has 2 aliphatic rings. The molecule has 5 rings (SSSR count). The number of rotatable bonds is 6. The molecule has 0 radical (unpaired) electrons. The molecule has 0 bridgehead atoms. The Morgan fingerprint density at radius 1 is 0.688 bits per heavy atom. The largest absolute Gasteiger partial charge is 0.367 e. The van der Waals surface area contributed by atoms with E-state index in [0.717, 1.165) is 74.8 Å². The summed E-state index contributed by atoms with van der Waals surface area (Å²) in [5.41, 5.74) is 0. The molecule has 10 heteroatoms. The molecule has 2 fully saturated rings. The van der Waals surface area contributed by atoms with Gasteiger partial charge in [0.25, 0.3) is 0 Å². The van der Waals surface area contributed by atoms with Crippen molar-refractivity contribution < 1.29 is 9.05 Å². The summed E-state index contributed by atoms with van der Waals surface area (Å²) in [6, 6.07) is 2.80. The zero-order chi connectivity index (χ0) is 21.9. The number of aromatic nitrogens is 6. The number of nitrogens with zero attached hydrogens (tertiary/aromatic N) is 6. The molecule has 2 N–H and O–H groups in total. The number of anilines is 2. The van der Waals surface area contributed by atoms with Crippen LogP contribution < -0.4 is 10.6 Å². The molecule has 3 aromatic heterocycles. The van der Waals surface area contributed by atoms with Gasteiger partial charge in [-0.1, -0.05) is 10.3 Å². The Morgan fingerprint density at radius 2 is 1.12 bits per heavy atom. The Balaban J connectivity index is 1.10. The minimum absolute atomic E-state index is 0.364. The zero-order valence-corrected chi connectivity index (χ0v) is 18.6.